The Morgan fingerprint density at radius 2 is 1.19 bits per heavy atom. The van der Waals surface area contributed by atoms with E-state index in [9.17, 15) is 0 Å². The van der Waals surface area contributed by atoms with Crippen molar-refractivity contribution in [2.75, 3.05) is 13.2 Å². The molecule has 2 aliphatic rings. The molecule has 2 aliphatic carbocycles. The SMILES string of the molecule is CCCCCCCC1CCC(COc2ccc(OCCC)cc2C2CCC(CCCCC)CC2)CC1. The van der Waals surface area contributed by atoms with Crippen molar-refractivity contribution in [3.05, 3.63) is 23.8 Å². The predicted molar refractivity (Wildman–Crippen MR) is 155 cm³/mol. The molecule has 0 aromatic heterocycles. The van der Waals surface area contributed by atoms with Gasteiger partial charge in [-0.15, -0.1) is 0 Å². The molecule has 0 unspecified atom stereocenters. The van der Waals surface area contributed by atoms with Crippen molar-refractivity contribution in [3.8, 4) is 11.5 Å². The zero-order chi connectivity index (χ0) is 25.4. The molecule has 0 bridgehead atoms. The molecule has 0 amide bonds. The molecule has 206 valence electrons. The zero-order valence-electron chi connectivity index (χ0n) is 24.2. The highest BCUT2D eigenvalue weighted by molar-refractivity contribution is 5.43. The van der Waals surface area contributed by atoms with Crippen LogP contribution in [0.2, 0.25) is 0 Å². The molecule has 0 heterocycles. The molecule has 0 N–H and O–H groups in total. The summed E-state index contributed by atoms with van der Waals surface area (Å²) in [6, 6.07) is 6.68. The van der Waals surface area contributed by atoms with Crippen molar-refractivity contribution < 1.29 is 9.47 Å². The van der Waals surface area contributed by atoms with Gasteiger partial charge in [0.1, 0.15) is 11.5 Å². The monoisotopic (exact) mass is 498 g/mol. The van der Waals surface area contributed by atoms with Crippen LogP contribution in [0.1, 0.15) is 154 Å². The van der Waals surface area contributed by atoms with Crippen LogP contribution in [0.25, 0.3) is 0 Å². The number of rotatable bonds is 17. The Labute approximate surface area is 224 Å². The fourth-order valence-electron chi connectivity index (χ4n) is 6.66. The molecule has 0 atom stereocenters. The van der Waals surface area contributed by atoms with Crippen LogP contribution in [0.4, 0.5) is 0 Å². The summed E-state index contributed by atoms with van der Waals surface area (Å²) in [7, 11) is 0. The lowest BCUT2D eigenvalue weighted by Gasteiger charge is -2.31. The van der Waals surface area contributed by atoms with E-state index >= 15 is 0 Å². The first-order chi connectivity index (χ1) is 17.7. The lowest BCUT2D eigenvalue weighted by atomic mass is 9.76. The van der Waals surface area contributed by atoms with E-state index in [4.69, 9.17) is 9.47 Å². The molecule has 1 aromatic carbocycles. The number of hydrogen-bond acceptors (Lipinski definition) is 2. The van der Waals surface area contributed by atoms with E-state index in [2.05, 4.69) is 39.0 Å². The second kappa shape index (κ2) is 17.4. The third-order valence-corrected chi connectivity index (χ3v) is 9.11. The lowest BCUT2D eigenvalue weighted by Crippen LogP contribution is -2.21. The Bertz CT molecular complexity index is 682. The maximum Gasteiger partial charge on any atom is 0.123 e. The van der Waals surface area contributed by atoms with Crippen molar-refractivity contribution in [2.24, 2.45) is 17.8 Å². The largest absolute Gasteiger partial charge is 0.494 e. The summed E-state index contributed by atoms with van der Waals surface area (Å²) in [5.41, 5.74) is 1.43. The van der Waals surface area contributed by atoms with Crippen LogP contribution < -0.4 is 9.47 Å². The van der Waals surface area contributed by atoms with Crippen LogP contribution in [-0.4, -0.2) is 13.2 Å². The lowest BCUT2D eigenvalue weighted by molar-refractivity contribution is 0.175. The van der Waals surface area contributed by atoms with Gasteiger partial charge in [0.05, 0.1) is 13.2 Å². The van der Waals surface area contributed by atoms with Gasteiger partial charge in [0.15, 0.2) is 0 Å². The van der Waals surface area contributed by atoms with Crippen molar-refractivity contribution >= 4 is 0 Å². The van der Waals surface area contributed by atoms with Gasteiger partial charge in [-0.3, -0.25) is 0 Å². The molecule has 2 fully saturated rings. The van der Waals surface area contributed by atoms with E-state index in [1.165, 1.54) is 121 Å². The molecule has 0 radical (unpaired) electrons. The normalized spacial score (nSPS) is 24.5. The van der Waals surface area contributed by atoms with Crippen LogP contribution in [0.3, 0.4) is 0 Å². The highest BCUT2D eigenvalue weighted by atomic mass is 16.5. The Balaban J connectivity index is 1.49. The third kappa shape index (κ3) is 10.3. The van der Waals surface area contributed by atoms with Crippen molar-refractivity contribution in [1.82, 2.24) is 0 Å². The Morgan fingerprint density at radius 1 is 0.611 bits per heavy atom. The molecule has 3 rings (SSSR count). The predicted octanol–water partition coefficient (Wildman–Crippen LogP) is 10.9. The first-order valence-corrected chi connectivity index (χ1v) is 16.1. The standard InChI is InChI=1S/C34H58O2/c1-4-7-9-10-12-14-28-15-17-30(18-16-28)27-36-34-24-23-32(35-25-6-3)26-33(34)31-21-19-29(20-22-31)13-11-8-5-2/h23-24,26,28-31H,4-22,25,27H2,1-3H3. The molecule has 1 aromatic rings. The summed E-state index contributed by atoms with van der Waals surface area (Å²) in [4.78, 5) is 0. The summed E-state index contributed by atoms with van der Waals surface area (Å²) in [6.45, 7) is 8.50. The number of hydrogen-bond donors (Lipinski definition) is 0. The first kappa shape index (κ1) is 29.4. The minimum Gasteiger partial charge on any atom is -0.494 e. The quantitative estimate of drug-likeness (QED) is 0.199. The van der Waals surface area contributed by atoms with Crippen molar-refractivity contribution in [3.63, 3.8) is 0 Å². The maximum atomic E-state index is 6.60. The van der Waals surface area contributed by atoms with Crippen LogP contribution in [-0.2, 0) is 0 Å². The summed E-state index contributed by atoms with van der Waals surface area (Å²) in [5, 5.41) is 0. The van der Waals surface area contributed by atoms with Gasteiger partial charge in [-0.1, -0.05) is 97.8 Å². The van der Waals surface area contributed by atoms with Crippen LogP contribution in [0.5, 0.6) is 11.5 Å². The van der Waals surface area contributed by atoms with Gasteiger partial charge < -0.3 is 9.47 Å². The second-order valence-electron chi connectivity index (χ2n) is 12.2. The van der Waals surface area contributed by atoms with Crippen LogP contribution in [0, 0.1) is 17.8 Å². The van der Waals surface area contributed by atoms with Crippen molar-refractivity contribution in [2.45, 2.75) is 149 Å². The molecule has 36 heavy (non-hydrogen) atoms. The molecule has 2 saturated carbocycles. The van der Waals surface area contributed by atoms with E-state index in [1.54, 1.807) is 0 Å². The number of ether oxygens (including phenoxy) is 2. The minimum absolute atomic E-state index is 0.635. The topological polar surface area (TPSA) is 18.5 Å². The van der Waals surface area contributed by atoms with Gasteiger partial charge in [0.25, 0.3) is 0 Å². The van der Waals surface area contributed by atoms with E-state index in [-0.39, 0.29) is 0 Å². The summed E-state index contributed by atoms with van der Waals surface area (Å²) in [6.07, 6.45) is 26.1. The highest BCUT2D eigenvalue weighted by Crippen LogP contribution is 2.43. The Hall–Kier alpha value is -1.18. The van der Waals surface area contributed by atoms with E-state index in [1.807, 2.05) is 0 Å². The van der Waals surface area contributed by atoms with E-state index in [0.717, 1.165) is 48.9 Å². The minimum atomic E-state index is 0.635. The average Bonchev–Trinajstić information content (AvgIpc) is 2.92. The zero-order valence-corrected chi connectivity index (χ0v) is 24.2. The van der Waals surface area contributed by atoms with Crippen molar-refractivity contribution in [1.29, 1.82) is 0 Å². The average molecular weight is 499 g/mol. The molecule has 2 heteroatoms. The molecule has 0 spiro atoms. The smallest absolute Gasteiger partial charge is 0.123 e. The van der Waals surface area contributed by atoms with Gasteiger partial charge in [-0.05, 0) is 86.8 Å². The second-order valence-corrected chi connectivity index (χ2v) is 12.2. The summed E-state index contributed by atoms with van der Waals surface area (Å²) < 4.78 is 12.6. The van der Waals surface area contributed by atoms with E-state index < -0.39 is 0 Å². The molecule has 2 nitrogen and oxygen atoms in total. The Kier molecular flexibility index (Phi) is 14.2. The molecule has 0 saturated heterocycles. The van der Waals surface area contributed by atoms with Gasteiger partial charge >= 0.3 is 0 Å². The molecular weight excluding hydrogens is 440 g/mol. The third-order valence-electron chi connectivity index (χ3n) is 9.11. The van der Waals surface area contributed by atoms with Gasteiger partial charge in [-0.25, -0.2) is 0 Å². The summed E-state index contributed by atoms with van der Waals surface area (Å²) >= 11 is 0. The maximum absolute atomic E-state index is 6.60. The van der Waals surface area contributed by atoms with E-state index in [0.29, 0.717) is 5.92 Å². The fraction of sp³-hybridized carbons (Fsp3) is 0.824. The van der Waals surface area contributed by atoms with Gasteiger partial charge in [-0.2, -0.15) is 0 Å². The first-order valence-electron chi connectivity index (χ1n) is 16.1. The van der Waals surface area contributed by atoms with Gasteiger partial charge in [0.2, 0.25) is 0 Å². The van der Waals surface area contributed by atoms with Crippen LogP contribution >= 0.6 is 0 Å². The van der Waals surface area contributed by atoms with Gasteiger partial charge in [0, 0.05) is 5.56 Å². The number of benzene rings is 1. The highest BCUT2D eigenvalue weighted by Gasteiger charge is 2.26. The summed E-state index contributed by atoms with van der Waals surface area (Å²) in [5.74, 6) is 5.46. The molecular formula is C34H58O2. The molecule has 0 aliphatic heterocycles. The van der Waals surface area contributed by atoms with Crippen LogP contribution in [0.15, 0.2) is 18.2 Å². The fourth-order valence-corrected chi connectivity index (χ4v) is 6.66. The number of unbranched alkanes of at least 4 members (excludes halogenated alkanes) is 6. The Morgan fingerprint density at radius 3 is 1.86 bits per heavy atom.